The molecule has 1 aromatic heterocycles. The van der Waals surface area contributed by atoms with Crippen LogP contribution in [0.1, 0.15) is 5.56 Å². The molecule has 0 aliphatic heterocycles. The second-order valence-corrected chi connectivity index (χ2v) is 5.25. The third-order valence-electron chi connectivity index (χ3n) is 2.80. The highest BCUT2D eigenvalue weighted by Gasteiger charge is 2.28. The van der Waals surface area contributed by atoms with Gasteiger partial charge in [-0.3, -0.25) is 4.98 Å². The Bertz CT molecular complexity index is 704. The number of aromatic nitrogens is 1. The fraction of sp³-hybridized carbons (Fsp3) is 0.214. The summed E-state index contributed by atoms with van der Waals surface area (Å²) in [6.07, 6.45) is -4.52. The minimum absolute atomic E-state index is 0.00944. The first kappa shape index (κ1) is 16.8. The molecule has 0 saturated heterocycles. The highest BCUT2D eigenvalue weighted by Crippen LogP contribution is 2.35. The van der Waals surface area contributed by atoms with Gasteiger partial charge in [0.15, 0.2) is 0 Å². The van der Waals surface area contributed by atoms with Crippen molar-refractivity contribution in [3.63, 3.8) is 0 Å². The van der Waals surface area contributed by atoms with Gasteiger partial charge in [-0.1, -0.05) is 23.2 Å². The Morgan fingerprint density at radius 2 is 1.82 bits per heavy atom. The van der Waals surface area contributed by atoms with Crippen LogP contribution in [-0.4, -0.2) is 18.3 Å². The summed E-state index contributed by atoms with van der Waals surface area (Å²) in [5.41, 5.74) is -0.104. The van der Waals surface area contributed by atoms with E-state index in [4.69, 9.17) is 27.9 Å². The molecule has 2 nitrogen and oxygen atoms in total. The van der Waals surface area contributed by atoms with E-state index in [1.807, 2.05) is 0 Å². The highest BCUT2D eigenvalue weighted by atomic mass is 35.5. The molecular weight excluding hydrogens is 345 g/mol. The van der Waals surface area contributed by atoms with Crippen LogP contribution >= 0.6 is 23.2 Å². The van der Waals surface area contributed by atoms with Crippen LogP contribution in [0.3, 0.4) is 0 Å². The van der Waals surface area contributed by atoms with Gasteiger partial charge < -0.3 is 4.74 Å². The Balaban J connectivity index is 2.46. The summed E-state index contributed by atoms with van der Waals surface area (Å²) in [4.78, 5) is 3.83. The summed E-state index contributed by atoms with van der Waals surface area (Å²) in [6, 6.07) is 3.42. The molecule has 1 heterocycles. The van der Waals surface area contributed by atoms with Gasteiger partial charge in [0.25, 0.3) is 0 Å². The van der Waals surface area contributed by atoms with Crippen LogP contribution in [-0.2, 0) is 6.42 Å². The average molecular weight is 354 g/mol. The Hall–Kier alpha value is -1.53. The smallest absolute Gasteiger partial charge is 0.393 e. The summed E-state index contributed by atoms with van der Waals surface area (Å²) in [5.74, 6) is -0.501. The quantitative estimate of drug-likeness (QED) is 0.697. The van der Waals surface area contributed by atoms with Crippen molar-refractivity contribution >= 4 is 23.2 Å². The number of hydrogen-bond acceptors (Lipinski definition) is 2. The normalized spacial score (nSPS) is 11.6. The zero-order valence-corrected chi connectivity index (χ0v) is 12.7. The summed E-state index contributed by atoms with van der Waals surface area (Å²) in [7, 11) is 1.35. The van der Waals surface area contributed by atoms with Crippen LogP contribution < -0.4 is 4.74 Å². The van der Waals surface area contributed by atoms with Crippen molar-refractivity contribution in [2.75, 3.05) is 7.11 Å². The van der Waals surface area contributed by atoms with Gasteiger partial charge in [0, 0.05) is 11.8 Å². The Labute approximate surface area is 133 Å². The maximum absolute atomic E-state index is 14.0. The van der Waals surface area contributed by atoms with E-state index in [1.165, 1.54) is 13.2 Å². The fourth-order valence-electron chi connectivity index (χ4n) is 1.87. The third-order valence-corrected chi connectivity index (χ3v) is 3.38. The Morgan fingerprint density at radius 1 is 1.14 bits per heavy atom. The molecule has 118 valence electrons. The van der Waals surface area contributed by atoms with Gasteiger partial charge in [-0.15, -0.1) is 0 Å². The van der Waals surface area contributed by atoms with Crippen LogP contribution in [0.15, 0.2) is 24.4 Å². The zero-order chi connectivity index (χ0) is 16.5. The number of benzene rings is 1. The van der Waals surface area contributed by atoms with Crippen LogP contribution in [0, 0.1) is 5.82 Å². The molecule has 0 bridgehead atoms. The molecule has 0 spiro atoms. The number of pyridine rings is 1. The molecule has 0 unspecified atom stereocenters. The monoisotopic (exact) mass is 353 g/mol. The summed E-state index contributed by atoms with van der Waals surface area (Å²) in [6.45, 7) is 0. The fourth-order valence-corrected chi connectivity index (χ4v) is 2.39. The first-order valence-corrected chi connectivity index (χ1v) is 6.71. The molecule has 0 fully saturated rings. The average Bonchev–Trinajstić information content (AvgIpc) is 2.38. The molecule has 2 rings (SSSR count). The van der Waals surface area contributed by atoms with E-state index in [2.05, 4.69) is 4.98 Å². The predicted molar refractivity (Wildman–Crippen MR) is 76.0 cm³/mol. The molecule has 0 aliphatic carbocycles. The number of hydrogen-bond donors (Lipinski definition) is 0. The predicted octanol–water partition coefficient (Wildman–Crippen LogP) is 5.31. The minimum atomic E-state index is -4.37. The van der Waals surface area contributed by atoms with Crippen LogP contribution in [0.5, 0.6) is 5.75 Å². The molecule has 2 aromatic rings. The highest BCUT2D eigenvalue weighted by molar-refractivity contribution is 6.33. The lowest BCUT2D eigenvalue weighted by Gasteiger charge is -2.11. The lowest BCUT2D eigenvalue weighted by molar-refractivity contribution is -0.127. The van der Waals surface area contributed by atoms with E-state index in [0.29, 0.717) is 0 Å². The summed E-state index contributed by atoms with van der Waals surface area (Å²) < 4.78 is 56.0. The van der Waals surface area contributed by atoms with E-state index in [1.54, 1.807) is 0 Å². The Morgan fingerprint density at radius 3 is 2.36 bits per heavy atom. The number of ether oxygens (including phenoxy) is 1. The van der Waals surface area contributed by atoms with Gasteiger partial charge in [-0.25, -0.2) is 4.39 Å². The summed E-state index contributed by atoms with van der Waals surface area (Å²) >= 11 is 11.7. The van der Waals surface area contributed by atoms with Crippen molar-refractivity contribution < 1.29 is 22.3 Å². The van der Waals surface area contributed by atoms with Crippen molar-refractivity contribution in [2.24, 2.45) is 0 Å². The van der Waals surface area contributed by atoms with Gasteiger partial charge in [-0.2, -0.15) is 13.2 Å². The van der Waals surface area contributed by atoms with Gasteiger partial charge in [-0.05, 0) is 23.8 Å². The third kappa shape index (κ3) is 3.81. The molecule has 22 heavy (non-hydrogen) atoms. The van der Waals surface area contributed by atoms with Gasteiger partial charge in [0.05, 0.1) is 29.3 Å². The van der Waals surface area contributed by atoms with Crippen molar-refractivity contribution in [3.8, 4) is 17.0 Å². The van der Waals surface area contributed by atoms with Gasteiger partial charge in [0.1, 0.15) is 11.6 Å². The maximum atomic E-state index is 14.0. The van der Waals surface area contributed by atoms with E-state index in [0.717, 1.165) is 18.3 Å². The zero-order valence-electron chi connectivity index (χ0n) is 11.1. The van der Waals surface area contributed by atoms with Gasteiger partial charge >= 0.3 is 6.18 Å². The van der Waals surface area contributed by atoms with Crippen LogP contribution in [0.4, 0.5) is 17.6 Å². The van der Waals surface area contributed by atoms with E-state index < -0.39 is 18.4 Å². The molecule has 0 N–H and O–H groups in total. The standard InChI is InChI=1S/C14H9Cl2F4NO/c1-22-12-3-8(11(17)4-9(12)15)13-10(16)2-7(6-21-13)5-14(18,19)20/h2-4,6H,5H2,1H3. The lowest BCUT2D eigenvalue weighted by atomic mass is 10.1. The molecule has 8 heteroatoms. The van der Waals surface area contributed by atoms with E-state index in [-0.39, 0.29) is 32.6 Å². The van der Waals surface area contributed by atoms with E-state index >= 15 is 0 Å². The number of alkyl halides is 3. The van der Waals surface area contributed by atoms with Crippen molar-refractivity contribution in [2.45, 2.75) is 12.6 Å². The molecule has 1 aromatic carbocycles. The molecule has 0 atom stereocenters. The van der Waals surface area contributed by atoms with E-state index in [9.17, 15) is 17.6 Å². The molecule has 0 saturated carbocycles. The number of halogens is 6. The minimum Gasteiger partial charge on any atom is -0.495 e. The van der Waals surface area contributed by atoms with Crippen LogP contribution in [0.2, 0.25) is 10.0 Å². The van der Waals surface area contributed by atoms with Crippen LogP contribution in [0.25, 0.3) is 11.3 Å². The van der Waals surface area contributed by atoms with Gasteiger partial charge in [0.2, 0.25) is 0 Å². The first-order valence-electron chi connectivity index (χ1n) is 5.96. The van der Waals surface area contributed by atoms with Crippen molar-refractivity contribution in [1.29, 1.82) is 0 Å². The molecule has 0 radical (unpaired) electrons. The molecular formula is C14H9Cl2F4NO. The topological polar surface area (TPSA) is 22.1 Å². The maximum Gasteiger partial charge on any atom is 0.393 e. The molecule has 0 amide bonds. The number of methoxy groups -OCH3 is 1. The number of rotatable bonds is 3. The molecule has 0 aliphatic rings. The Kier molecular flexibility index (Phi) is 4.82. The van der Waals surface area contributed by atoms with Crippen molar-refractivity contribution in [3.05, 3.63) is 45.8 Å². The largest absolute Gasteiger partial charge is 0.495 e. The second-order valence-electron chi connectivity index (χ2n) is 4.43. The summed E-state index contributed by atoms with van der Waals surface area (Å²) in [5, 5.41) is -0.0291. The van der Waals surface area contributed by atoms with Crippen molar-refractivity contribution in [1.82, 2.24) is 4.98 Å². The second kappa shape index (κ2) is 6.30. The first-order chi connectivity index (χ1) is 10.2. The number of nitrogens with zero attached hydrogens (tertiary/aromatic N) is 1. The SMILES string of the molecule is COc1cc(-c2ncc(CC(F)(F)F)cc2Cl)c(F)cc1Cl. The lowest BCUT2D eigenvalue weighted by Crippen LogP contribution is -2.11.